The molecule has 0 aliphatic rings. The largest absolute Gasteiger partial charge is 0.311 e. The lowest BCUT2D eigenvalue weighted by Crippen LogP contribution is -2.64. The molecule has 1 atom stereocenters. The molecule has 12 heavy (non-hydrogen) atoms. The third-order valence-corrected chi connectivity index (χ3v) is 2.53. The van der Waals surface area contributed by atoms with Gasteiger partial charge in [0.25, 0.3) is 0 Å². The van der Waals surface area contributed by atoms with Crippen molar-refractivity contribution in [3.05, 3.63) is 12.7 Å². The van der Waals surface area contributed by atoms with E-state index in [-0.39, 0.29) is 11.7 Å². The van der Waals surface area contributed by atoms with Gasteiger partial charge < -0.3 is 16.0 Å². The molecule has 0 aliphatic heterocycles. The van der Waals surface area contributed by atoms with Gasteiger partial charge in [-0.15, -0.1) is 6.58 Å². The zero-order valence-electron chi connectivity index (χ0n) is 8.57. The third kappa shape index (κ3) is 2.06. The molecule has 3 N–H and O–H groups in total. The van der Waals surface area contributed by atoms with Gasteiger partial charge in [0, 0.05) is 0 Å². The number of hydrogen-bond acceptors (Lipinski definition) is 3. The topological polar surface area (TPSA) is 36.1 Å². The van der Waals surface area contributed by atoms with Crippen LogP contribution in [0, 0.1) is 0 Å². The lowest BCUT2D eigenvalue weighted by atomic mass is 9.97. The molecule has 0 aromatic rings. The lowest BCUT2D eigenvalue weighted by Gasteiger charge is -2.38. The van der Waals surface area contributed by atoms with Gasteiger partial charge in [-0.2, -0.15) is 0 Å². The van der Waals surface area contributed by atoms with Crippen molar-refractivity contribution in [1.29, 1.82) is 0 Å². The van der Waals surface area contributed by atoms with Crippen LogP contribution in [0.5, 0.6) is 0 Å². The van der Waals surface area contributed by atoms with Crippen LogP contribution in [0.15, 0.2) is 12.7 Å². The maximum atomic E-state index is 3.80. The standard InChI is InChI=1S/C9H21N3/c1-6-8(10-3)9(7-2,11-4)12-5/h6,8,10-12H,1,7H2,2-5H3. The molecule has 3 nitrogen and oxygen atoms in total. The van der Waals surface area contributed by atoms with Gasteiger partial charge in [-0.05, 0) is 27.6 Å². The van der Waals surface area contributed by atoms with Crippen molar-refractivity contribution in [1.82, 2.24) is 16.0 Å². The van der Waals surface area contributed by atoms with Crippen LogP contribution in [-0.4, -0.2) is 32.8 Å². The molecule has 0 heterocycles. The number of nitrogens with one attached hydrogen (secondary N) is 3. The molecule has 0 amide bonds. The Morgan fingerprint density at radius 1 is 1.33 bits per heavy atom. The molecule has 0 rings (SSSR count). The van der Waals surface area contributed by atoms with Crippen LogP contribution >= 0.6 is 0 Å². The Morgan fingerprint density at radius 2 is 1.83 bits per heavy atom. The molecule has 0 saturated heterocycles. The van der Waals surface area contributed by atoms with Crippen LogP contribution in [0.3, 0.4) is 0 Å². The number of likely N-dealkylation sites (N-methyl/N-ethyl adjacent to an activating group) is 3. The van der Waals surface area contributed by atoms with E-state index in [1.165, 1.54) is 0 Å². The summed E-state index contributed by atoms with van der Waals surface area (Å²) in [7, 11) is 5.84. The molecule has 0 bridgehead atoms. The first-order chi connectivity index (χ1) is 5.70. The van der Waals surface area contributed by atoms with Crippen molar-refractivity contribution in [3.8, 4) is 0 Å². The molecule has 3 heteroatoms. The maximum absolute atomic E-state index is 3.80. The Morgan fingerprint density at radius 3 is 1.92 bits per heavy atom. The first kappa shape index (κ1) is 11.6. The molecule has 72 valence electrons. The van der Waals surface area contributed by atoms with Gasteiger partial charge in [0.2, 0.25) is 0 Å². The molecule has 1 unspecified atom stereocenters. The normalized spacial score (nSPS) is 14.3. The van der Waals surface area contributed by atoms with Crippen LogP contribution in [0.2, 0.25) is 0 Å². The monoisotopic (exact) mass is 171 g/mol. The Bertz CT molecular complexity index is 121. The summed E-state index contributed by atoms with van der Waals surface area (Å²) in [6, 6.07) is 0.234. The van der Waals surface area contributed by atoms with Gasteiger partial charge >= 0.3 is 0 Å². The van der Waals surface area contributed by atoms with Crippen molar-refractivity contribution in [3.63, 3.8) is 0 Å². The van der Waals surface area contributed by atoms with Crippen LogP contribution in [0.4, 0.5) is 0 Å². The van der Waals surface area contributed by atoms with Crippen molar-refractivity contribution < 1.29 is 0 Å². The van der Waals surface area contributed by atoms with Crippen molar-refractivity contribution >= 4 is 0 Å². The van der Waals surface area contributed by atoms with Crippen molar-refractivity contribution in [2.24, 2.45) is 0 Å². The fourth-order valence-electron chi connectivity index (χ4n) is 1.57. The van der Waals surface area contributed by atoms with Crippen molar-refractivity contribution in [2.75, 3.05) is 21.1 Å². The maximum Gasteiger partial charge on any atom is 0.0873 e. The minimum Gasteiger partial charge on any atom is -0.311 e. The summed E-state index contributed by atoms with van der Waals surface area (Å²) in [5.41, 5.74) is -0.0868. The lowest BCUT2D eigenvalue weighted by molar-refractivity contribution is 0.235. The van der Waals surface area contributed by atoms with E-state index in [0.29, 0.717) is 0 Å². The van der Waals surface area contributed by atoms with Crippen molar-refractivity contribution in [2.45, 2.75) is 25.0 Å². The quantitative estimate of drug-likeness (QED) is 0.397. The average molecular weight is 171 g/mol. The fourth-order valence-corrected chi connectivity index (χ4v) is 1.57. The highest BCUT2D eigenvalue weighted by Gasteiger charge is 2.30. The van der Waals surface area contributed by atoms with Crippen LogP contribution in [0.25, 0.3) is 0 Å². The summed E-state index contributed by atoms with van der Waals surface area (Å²) in [5, 5.41) is 9.75. The molecule has 0 fully saturated rings. The molecule has 0 aromatic carbocycles. The Labute approximate surface area is 75.6 Å². The number of rotatable bonds is 6. The summed E-state index contributed by atoms with van der Waals surface area (Å²) in [5.74, 6) is 0. The summed E-state index contributed by atoms with van der Waals surface area (Å²) in [6.45, 7) is 5.94. The van der Waals surface area contributed by atoms with E-state index in [1.54, 1.807) is 0 Å². The third-order valence-electron chi connectivity index (χ3n) is 2.53. The zero-order valence-corrected chi connectivity index (χ0v) is 8.57. The van der Waals surface area contributed by atoms with E-state index in [1.807, 2.05) is 27.2 Å². The molecule has 0 aromatic heterocycles. The van der Waals surface area contributed by atoms with Gasteiger partial charge in [0.15, 0.2) is 0 Å². The molecular formula is C9H21N3. The Balaban J connectivity index is 4.53. The molecular weight excluding hydrogens is 150 g/mol. The van der Waals surface area contributed by atoms with E-state index in [0.717, 1.165) is 6.42 Å². The summed E-state index contributed by atoms with van der Waals surface area (Å²) >= 11 is 0. The summed E-state index contributed by atoms with van der Waals surface area (Å²) in [6.07, 6.45) is 2.91. The number of hydrogen-bond donors (Lipinski definition) is 3. The first-order valence-corrected chi connectivity index (χ1v) is 4.38. The van der Waals surface area contributed by atoms with Crippen LogP contribution < -0.4 is 16.0 Å². The van der Waals surface area contributed by atoms with Gasteiger partial charge in [-0.1, -0.05) is 13.0 Å². The second-order valence-electron chi connectivity index (χ2n) is 2.83. The van der Waals surface area contributed by atoms with E-state index in [9.17, 15) is 0 Å². The predicted molar refractivity (Wildman–Crippen MR) is 54.2 cm³/mol. The summed E-state index contributed by atoms with van der Waals surface area (Å²) in [4.78, 5) is 0. The molecule has 0 saturated carbocycles. The fraction of sp³-hybridized carbons (Fsp3) is 0.778. The zero-order chi connectivity index (χ0) is 9.61. The SMILES string of the molecule is C=CC(NC)C(CC)(NC)NC. The predicted octanol–water partition coefficient (Wildman–Crippen LogP) is 0.306. The van der Waals surface area contributed by atoms with E-state index in [2.05, 4.69) is 29.5 Å². The second kappa shape index (κ2) is 5.30. The molecule has 0 aliphatic carbocycles. The average Bonchev–Trinajstić information content (AvgIpc) is 2.14. The smallest absolute Gasteiger partial charge is 0.0873 e. The summed E-state index contributed by atoms with van der Waals surface area (Å²) < 4.78 is 0. The highest BCUT2D eigenvalue weighted by molar-refractivity contribution is 5.02. The van der Waals surface area contributed by atoms with E-state index < -0.39 is 0 Å². The minimum atomic E-state index is -0.0868. The first-order valence-electron chi connectivity index (χ1n) is 4.38. The second-order valence-corrected chi connectivity index (χ2v) is 2.83. The minimum absolute atomic E-state index is 0.0868. The van der Waals surface area contributed by atoms with Gasteiger partial charge in [0.05, 0.1) is 11.7 Å². The Kier molecular flexibility index (Phi) is 5.13. The Hall–Kier alpha value is -0.380. The van der Waals surface area contributed by atoms with Gasteiger partial charge in [-0.25, -0.2) is 0 Å². The van der Waals surface area contributed by atoms with Crippen LogP contribution in [-0.2, 0) is 0 Å². The highest BCUT2D eigenvalue weighted by Crippen LogP contribution is 2.11. The van der Waals surface area contributed by atoms with Crippen LogP contribution in [0.1, 0.15) is 13.3 Å². The highest BCUT2D eigenvalue weighted by atomic mass is 15.2. The molecule has 0 spiro atoms. The molecule has 0 radical (unpaired) electrons. The van der Waals surface area contributed by atoms with E-state index in [4.69, 9.17) is 0 Å². The van der Waals surface area contributed by atoms with Gasteiger partial charge in [0.1, 0.15) is 0 Å². The van der Waals surface area contributed by atoms with E-state index >= 15 is 0 Å². The van der Waals surface area contributed by atoms with Gasteiger partial charge in [-0.3, -0.25) is 0 Å².